The fourth-order valence-corrected chi connectivity index (χ4v) is 12.4. The van der Waals surface area contributed by atoms with E-state index in [1.807, 2.05) is 0 Å². The largest absolute Gasteiger partial charge is 0.310 e. The molecule has 3 nitrogen and oxygen atoms in total. The van der Waals surface area contributed by atoms with Gasteiger partial charge in [0, 0.05) is 49.7 Å². The van der Waals surface area contributed by atoms with Crippen LogP contribution in [0.25, 0.3) is 88.0 Å². The van der Waals surface area contributed by atoms with E-state index in [1.54, 1.807) is 0 Å². The summed E-state index contributed by atoms with van der Waals surface area (Å²) in [4.78, 5) is 2.49. The van der Waals surface area contributed by atoms with Crippen molar-refractivity contribution < 1.29 is 0 Å². The highest BCUT2D eigenvalue weighted by Gasteiger charge is 2.51. The molecule has 2 aliphatic rings. The molecule has 13 aromatic rings. The number of aromatic nitrogens is 2. The van der Waals surface area contributed by atoms with Gasteiger partial charge in [0.05, 0.1) is 33.2 Å². The van der Waals surface area contributed by atoms with E-state index >= 15 is 0 Å². The first kappa shape index (κ1) is 37.3. The second kappa shape index (κ2) is 14.0. The molecule has 0 radical (unpaired) electrons. The topological polar surface area (TPSA) is 13.1 Å². The SMILES string of the molecule is c1ccc(-n2c3ccccc3c3ccc(N(c4ccc5c(c4)-c4ccccc4C54c5ccccc5-c5ccccc54)c4ccc5c6ccccc6n(-c6cccc7ccccc67)c5c4)cc32)cc1. The second-order valence-electron chi connectivity index (χ2n) is 18.4. The van der Waals surface area contributed by atoms with E-state index in [0.717, 1.165) is 33.8 Å². The van der Waals surface area contributed by atoms with E-state index in [9.17, 15) is 0 Å². The number of hydrogen-bond donors (Lipinski definition) is 0. The Bertz CT molecular complexity index is 4180. The van der Waals surface area contributed by atoms with Crippen LogP contribution in [0.3, 0.4) is 0 Å². The first-order valence-electron chi connectivity index (χ1n) is 23.6. The summed E-state index contributed by atoms with van der Waals surface area (Å²) in [6.45, 7) is 0. The first-order valence-corrected chi connectivity index (χ1v) is 23.6. The van der Waals surface area contributed by atoms with E-state index in [-0.39, 0.29) is 0 Å². The highest BCUT2D eigenvalue weighted by atomic mass is 15.1. The fourth-order valence-electron chi connectivity index (χ4n) is 12.4. The minimum Gasteiger partial charge on any atom is -0.310 e. The molecule has 0 amide bonds. The number of nitrogens with zero attached hydrogens (tertiary/aromatic N) is 3. The molecule has 68 heavy (non-hydrogen) atoms. The van der Waals surface area contributed by atoms with E-state index in [0.29, 0.717) is 0 Å². The van der Waals surface area contributed by atoms with Gasteiger partial charge in [0.2, 0.25) is 0 Å². The van der Waals surface area contributed by atoms with E-state index in [4.69, 9.17) is 0 Å². The Morgan fingerprint density at radius 2 is 0.721 bits per heavy atom. The van der Waals surface area contributed by atoms with Gasteiger partial charge in [-0.15, -0.1) is 0 Å². The van der Waals surface area contributed by atoms with Gasteiger partial charge in [-0.2, -0.15) is 0 Å². The number of hydrogen-bond acceptors (Lipinski definition) is 1. The van der Waals surface area contributed by atoms with Gasteiger partial charge in [-0.05, 0) is 117 Å². The zero-order chi connectivity index (χ0) is 44.5. The lowest BCUT2D eigenvalue weighted by Crippen LogP contribution is -2.25. The monoisotopic (exact) mass is 863 g/mol. The summed E-state index contributed by atoms with van der Waals surface area (Å²) in [5.74, 6) is 0. The van der Waals surface area contributed by atoms with Gasteiger partial charge < -0.3 is 14.0 Å². The molecule has 0 aliphatic heterocycles. The fraction of sp³-hybridized carbons (Fsp3) is 0.0154. The molecule has 0 bridgehead atoms. The molecule has 2 aliphatic carbocycles. The van der Waals surface area contributed by atoms with E-state index in [1.165, 1.54) is 93.5 Å². The second-order valence-corrected chi connectivity index (χ2v) is 18.4. The van der Waals surface area contributed by atoms with Crippen molar-refractivity contribution in [2.45, 2.75) is 5.41 Å². The van der Waals surface area contributed by atoms with Crippen molar-refractivity contribution in [3.05, 3.63) is 271 Å². The van der Waals surface area contributed by atoms with Crippen molar-refractivity contribution in [2.24, 2.45) is 0 Å². The van der Waals surface area contributed by atoms with Crippen molar-refractivity contribution >= 4 is 71.4 Å². The van der Waals surface area contributed by atoms with E-state index in [2.05, 4.69) is 263 Å². The number of anilines is 3. The summed E-state index contributed by atoms with van der Waals surface area (Å²) in [6, 6.07) is 92.4. The molecule has 316 valence electrons. The minimum absolute atomic E-state index is 0.420. The van der Waals surface area contributed by atoms with Gasteiger partial charge in [-0.3, -0.25) is 0 Å². The predicted octanol–water partition coefficient (Wildman–Crippen LogP) is 16.8. The lowest BCUT2D eigenvalue weighted by molar-refractivity contribution is 0.794. The number of fused-ring (bicyclic) bond motifs is 17. The van der Waals surface area contributed by atoms with Crippen molar-refractivity contribution in [1.82, 2.24) is 9.13 Å². The normalized spacial score (nSPS) is 13.1. The summed E-state index contributed by atoms with van der Waals surface area (Å²) in [7, 11) is 0. The van der Waals surface area contributed by atoms with Crippen LogP contribution >= 0.6 is 0 Å². The molecule has 0 atom stereocenters. The average molecular weight is 864 g/mol. The van der Waals surface area contributed by atoms with Crippen molar-refractivity contribution in [2.75, 3.05) is 4.90 Å². The lowest BCUT2D eigenvalue weighted by Gasteiger charge is -2.31. The van der Waals surface area contributed by atoms with Crippen LogP contribution in [0, 0.1) is 0 Å². The van der Waals surface area contributed by atoms with Gasteiger partial charge in [-0.1, -0.05) is 182 Å². The minimum atomic E-state index is -0.420. The van der Waals surface area contributed by atoms with Crippen LogP contribution in [0.5, 0.6) is 0 Å². The summed E-state index contributed by atoms with van der Waals surface area (Å²) in [5, 5.41) is 7.36. The molecule has 0 fully saturated rings. The molecule has 15 rings (SSSR count). The molecule has 1 spiro atoms. The third-order valence-corrected chi connectivity index (χ3v) is 15.1. The Morgan fingerprint density at radius 1 is 0.279 bits per heavy atom. The van der Waals surface area contributed by atoms with Crippen molar-refractivity contribution in [3.8, 4) is 33.6 Å². The van der Waals surface area contributed by atoms with Crippen LogP contribution in [0.1, 0.15) is 22.3 Å². The molecule has 0 saturated carbocycles. The summed E-state index contributed by atoms with van der Waals surface area (Å²) < 4.78 is 4.90. The maximum Gasteiger partial charge on any atom is 0.0725 e. The van der Waals surface area contributed by atoms with Crippen LogP contribution in [0.4, 0.5) is 17.1 Å². The molecular weight excluding hydrogens is 823 g/mol. The zero-order valence-electron chi connectivity index (χ0n) is 37.0. The van der Waals surface area contributed by atoms with Gasteiger partial charge in [0.15, 0.2) is 0 Å². The molecule has 0 saturated heterocycles. The third kappa shape index (κ3) is 4.97. The predicted molar refractivity (Wildman–Crippen MR) is 284 cm³/mol. The Kier molecular flexibility index (Phi) is 7.71. The number of para-hydroxylation sites is 3. The lowest BCUT2D eigenvalue weighted by atomic mass is 9.70. The average Bonchev–Trinajstić information content (AvgIpc) is 4.10. The quantitative estimate of drug-likeness (QED) is 0.168. The standard InChI is InChI=1S/C65H41N3/c1-2-19-43(20-3-1)67-61-30-14-9-25-51(61)53-36-33-45(40-63(53)67)66(46-34-37-54-52-26-10-15-31-62(52)68(64(54)41-46)60-32-16-18-42-17-4-5-21-47(42)60)44-35-38-59-55(39-44)50-24-8-13-29-58(50)65(59)56-27-11-6-22-48(56)49-23-7-12-28-57(49)65/h1-41H. The smallest absolute Gasteiger partial charge is 0.0725 e. The Hall–Kier alpha value is -8.92. The molecule has 2 aromatic heterocycles. The molecule has 0 unspecified atom stereocenters. The first-order chi connectivity index (χ1) is 33.8. The van der Waals surface area contributed by atoms with Crippen molar-refractivity contribution in [3.63, 3.8) is 0 Å². The number of benzene rings is 11. The Morgan fingerprint density at radius 3 is 1.37 bits per heavy atom. The molecule has 2 heterocycles. The van der Waals surface area contributed by atoms with Crippen molar-refractivity contribution in [1.29, 1.82) is 0 Å². The Labute approximate surface area is 393 Å². The van der Waals surface area contributed by atoms with E-state index < -0.39 is 5.41 Å². The van der Waals surface area contributed by atoms with Crippen LogP contribution in [-0.2, 0) is 5.41 Å². The summed E-state index contributed by atoms with van der Waals surface area (Å²) in [6.07, 6.45) is 0. The molecule has 0 N–H and O–H groups in total. The highest BCUT2D eigenvalue weighted by Crippen LogP contribution is 2.63. The van der Waals surface area contributed by atoms with Crippen LogP contribution < -0.4 is 4.90 Å². The Balaban J connectivity index is 1.02. The molecule has 3 heteroatoms. The molecular formula is C65H41N3. The highest BCUT2D eigenvalue weighted by molar-refractivity contribution is 6.13. The summed E-state index contributed by atoms with van der Waals surface area (Å²) in [5.41, 5.74) is 20.4. The van der Waals surface area contributed by atoms with Crippen LogP contribution in [-0.4, -0.2) is 9.13 Å². The maximum atomic E-state index is 2.49. The van der Waals surface area contributed by atoms with Gasteiger partial charge in [0.1, 0.15) is 0 Å². The van der Waals surface area contributed by atoms with Gasteiger partial charge in [0.25, 0.3) is 0 Å². The summed E-state index contributed by atoms with van der Waals surface area (Å²) >= 11 is 0. The van der Waals surface area contributed by atoms with Crippen LogP contribution in [0.2, 0.25) is 0 Å². The van der Waals surface area contributed by atoms with Gasteiger partial charge in [-0.25, -0.2) is 0 Å². The molecule has 11 aromatic carbocycles. The third-order valence-electron chi connectivity index (χ3n) is 15.1. The zero-order valence-corrected chi connectivity index (χ0v) is 37.0. The van der Waals surface area contributed by atoms with Gasteiger partial charge >= 0.3 is 0 Å². The number of rotatable bonds is 5. The maximum absolute atomic E-state index is 2.49. The van der Waals surface area contributed by atoms with Crippen LogP contribution in [0.15, 0.2) is 249 Å².